The van der Waals surface area contributed by atoms with Gasteiger partial charge in [0.1, 0.15) is 0 Å². The molecular formula is C15H31NO. The Morgan fingerprint density at radius 3 is 1.88 bits per heavy atom. The fourth-order valence-electron chi connectivity index (χ4n) is 2.90. The fourth-order valence-corrected chi connectivity index (χ4v) is 2.90. The van der Waals surface area contributed by atoms with Gasteiger partial charge in [-0.2, -0.15) is 0 Å². The monoisotopic (exact) mass is 241 g/mol. The molecular weight excluding hydrogens is 210 g/mol. The highest BCUT2D eigenvalue weighted by molar-refractivity contribution is 4.77. The van der Waals surface area contributed by atoms with Crippen molar-refractivity contribution < 1.29 is 5.11 Å². The molecule has 0 heterocycles. The summed E-state index contributed by atoms with van der Waals surface area (Å²) in [7, 11) is 2.15. The Morgan fingerprint density at radius 2 is 1.35 bits per heavy atom. The van der Waals surface area contributed by atoms with Crippen LogP contribution in [0, 0.1) is 0 Å². The molecule has 0 radical (unpaired) electrons. The van der Waals surface area contributed by atoms with Crippen molar-refractivity contribution in [1.29, 1.82) is 0 Å². The Morgan fingerprint density at radius 1 is 0.882 bits per heavy atom. The Labute approximate surface area is 107 Å². The van der Waals surface area contributed by atoms with Gasteiger partial charge in [-0.3, -0.25) is 0 Å². The van der Waals surface area contributed by atoms with E-state index in [-0.39, 0.29) is 6.10 Å². The second-order valence-corrected chi connectivity index (χ2v) is 5.61. The van der Waals surface area contributed by atoms with Gasteiger partial charge in [0.05, 0.1) is 6.10 Å². The number of hydrogen-bond acceptors (Lipinski definition) is 2. The second-order valence-electron chi connectivity index (χ2n) is 5.61. The molecule has 0 spiro atoms. The second kappa shape index (κ2) is 8.93. The minimum absolute atomic E-state index is 0.112. The molecule has 0 aliphatic heterocycles. The lowest BCUT2D eigenvalue weighted by Gasteiger charge is -2.31. The van der Waals surface area contributed by atoms with Crippen molar-refractivity contribution in [3.8, 4) is 0 Å². The van der Waals surface area contributed by atoms with E-state index in [2.05, 4.69) is 18.9 Å². The summed E-state index contributed by atoms with van der Waals surface area (Å²) in [6, 6.07) is 0.388. The fraction of sp³-hybridized carbons (Fsp3) is 1.00. The molecule has 2 heteroatoms. The topological polar surface area (TPSA) is 23.5 Å². The van der Waals surface area contributed by atoms with Crippen molar-refractivity contribution in [2.24, 2.45) is 0 Å². The molecule has 1 fully saturated rings. The molecule has 1 saturated carbocycles. The molecule has 2 nitrogen and oxygen atoms in total. The van der Waals surface area contributed by atoms with E-state index >= 15 is 0 Å². The van der Waals surface area contributed by atoms with Crippen LogP contribution in [0.2, 0.25) is 0 Å². The predicted molar refractivity (Wildman–Crippen MR) is 74.3 cm³/mol. The van der Waals surface area contributed by atoms with Gasteiger partial charge in [0.2, 0.25) is 0 Å². The van der Waals surface area contributed by atoms with Crippen LogP contribution < -0.4 is 0 Å². The minimum Gasteiger partial charge on any atom is -0.391 e. The molecule has 0 amide bonds. The average Bonchev–Trinajstić information content (AvgIpc) is 2.33. The summed E-state index contributed by atoms with van der Waals surface area (Å²) in [6.45, 7) is 3.23. The summed E-state index contributed by atoms with van der Waals surface area (Å²) in [5.41, 5.74) is 0. The first kappa shape index (κ1) is 15.0. The molecule has 0 aromatic rings. The molecule has 0 aromatic heterocycles. The average molecular weight is 241 g/mol. The first-order valence-corrected chi connectivity index (χ1v) is 7.64. The lowest BCUT2D eigenvalue weighted by Crippen LogP contribution is -2.41. The van der Waals surface area contributed by atoms with Crippen molar-refractivity contribution in [3.05, 3.63) is 0 Å². The van der Waals surface area contributed by atoms with E-state index < -0.39 is 0 Å². The van der Waals surface area contributed by atoms with E-state index in [4.69, 9.17) is 0 Å². The summed E-state index contributed by atoms with van der Waals surface area (Å²) in [5.74, 6) is 0. The third-order valence-electron chi connectivity index (χ3n) is 4.26. The molecule has 1 aliphatic carbocycles. The van der Waals surface area contributed by atoms with Crippen molar-refractivity contribution in [1.82, 2.24) is 4.90 Å². The van der Waals surface area contributed by atoms with Crippen molar-refractivity contribution in [2.75, 3.05) is 13.6 Å². The Bertz CT molecular complexity index is 184. The summed E-state index contributed by atoms with van der Waals surface area (Å²) in [5, 5.41) is 10.3. The first-order chi connectivity index (χ1) is 8.25. The van der Waals surface area contributed by atoms with Crippen LogP contribution in [0.4, 0.5) is 0 Å². The summed E-state index contributed by atoms with van der Waals surface area (Å²) in [6.07, 6.45) is 12.8. The van der Waals surface area contributed by atoms with Gasteiger partial charge in [-0.1, -0.05) is 58.3 Å². The molecule has 1 rings (SSSR count). The van der Waals surface area contributed by atoms with E-state index in [1.807, 2.05) is 0 Å². The Kier molecular flexibility index (Phi) is 7.87. The SMILES string of the molecule is CCN(C)C1CCCCCCCCCCC1O. The summed E-state index contributed by atoms with van der Waals surface area (Å²) >= 11 is 0. The molecule has 0 bridgehead atoms. The van der Waals surface area contributed by atoms with E-state index in [1.54, 1.807) is 0 Å². The van der Waals surface area contributed by atoms with Crippen LogP contribution >= 0.6 is 0 Å². The van der Waals surface area contributed by atoms with Gasteiger partial charge < -0.3 is 10.0 Å². The predicted octanol–water partition coefficient (Wildman–Crippen LogP) is 3.58. The van der Waals surface area contributed by atoms with E-state index in [0.717, 1.165) is 13.0 Å². The van der Waals surface area contributed by atoms with Gasteiger partial charge in [-0.05, 0) is 26.4 Å². The maximum Gasteiger partial charge on any atom is 0.0695 e. The van der Waals surface area contributed by atoms with Crippen LogP contribution in [-0.2, 0) is 0 Å². The lowest BCUT2D eigenvalue weighted by atomic mass is 9.95. The van der Waals surface area contributed by atoms with Gasteiger partial charge in [0.15, 0.2) is 0 Å². The van der Waals surface area contributed by atoms with Crippen LogP contribution in [-0.4, -0.2) is 35.7 Å². The Balaban J connectivity index is 2.45. The summed E-state index contributed by atoms with van der Waals surface area (Å²) in [4.78, 5) is 2.33. The number of nitrogens with zero attached hydrogens (tertiary/aromatic N) is 1. The normalized spacial score (nSPS) is 29.6. The van der Waals surface area contributed by atoms with Gasteiger partial charge in [-0.15, -0.1) is 0 Å². The van der Waals surface area contributed by atoms with Crippen molar-refractivity contribution in [2.45, 2.75) is 83.3 Å². The maximum atomic E-state index is 10.3. The molecule has 2 atom stereocenters. The molecule has 1 aliphatic rings. The maximum absolute atomic E-state index is 10.3. The van der Waals surface area contributed by atoms with Crippen LogP contribution in [0.1, 0.15) is 71.1 Å². The van der Waals surface area contributed by atoms with Crippen molar-refractivity contribution in [3.63, 3.8) is 0 Å². The van der Waals surface area contributed by atoms with Gasteiger partial charge >= 0.3 is 0 Å². The highest BCUT2D eigenvalue weighted by Crippen LogP contribution is 2.20. The standard InChI is InChI=1S/C15H31NO/c1-3-16(2)14-12-10-8-6-4-5-7-9-11-13-15(14)17/h14-15,17H,3-13H2,1-2H3. The highest BCUT2D eigenvalue weighted by atomic mass is 16.3. The Hall–Kier alpha value is -0.0800. The van der Waals surface area contributed by atoms with Gasteiger partial charge in [0, 0.05) is 6.04 Å². The zero-order valence-electron chi connectivity index (χ0n) is 11.8. The van der Waals surface area contributed by atoms with Crippen LogP contribution in [0.5, 0.6) is 0 Å². The number of aliphatic hydroxyl groups excluding tert-OH is 1. The molecule has 2 unspecified atom stereocenters. The number of aliphatic hydroxyl groups is 1. The molecule has 0 saturated heterocycles. The molecule has 0 aromatic carbocycles. The van der Waals surface area contributed by atoms with Crippen LogP contribution in [0.3, 0.4) is 0 Å². The minimum atomic E-state index is -0.112. The molecule has 1 N–H and O–H groups in total. The quantitative estimate of drug-likeness (QED) is 0.798. The van der Waals surface area contributed by atoms with E-state index in [0.29, 0.717) is 6.04 Å². The summed E-state index contributed by atoms with van der Waals surface area (Å²) < 4.78 is 0. The van der Waals surface area contributed by atoms with E-state index in [1.165, 1.54) is 57.8 Å². The zero-order valence-corrected chi connectivity index (χ0v) is 11.8. The van der Waals surface area contributed by atoms with Crippen molar-refractivity contribution >= 4 is 0 Å². The van der Waals surface area contributed by atoms with E-state index in [9.17, 15) is 5.11 Å². The van der Waals surface area contributed by atoms with Crippen LogP contribution in [0.25, 0.3) is 0 Å². The van der Waals surface area contributed by atoms with Crippen LogP contribution in [0.15, 0.2) is 0 Å². The third kappa shape index (κ3) is 5.87. The smallest absolute Gasteiger partial charge is 0.0695 e. The highest BCUT2D eigenvalue weighted by Gasteiger charge is 2.21. The number of rotatable bonds is 2. The lowest BCUT2D eigenvalue weighted by molar-refractivity contribution is 0.0509. The molecule has 17 heavy (non-hydrogen) atoms. The third-order valence-corrected chi connectivity index (χ3v) is 4.26. The van der Waals surface area contributed by atoms with Gasteiger partial charge in [0.25, 0.3) is 0 Å². The number of likely N-dealkylation sites (N-methyl/N-ethyl adjacent to an activating group) is 1. The first-order valence-electron chi connectivity index (χ1n) is 7.64. The largest absolute Gasteiger partial charge is 0.391 e. The zero-order chi connectivity index (χ0) is 12.5. The van der Waals surface area contributed by atoms with Gasteiger partial charge in [-0.25, -0.2) is 0 Å². The molecule has 102 valence electrons. The number of hydrogen-bond donors (Lipinski definition) is 1.